The molecule has 2 unspecified atom stereocenters. The molecule has 0 amide bonds. The van der Waals surface area contributed by atoms with Crippen LogP contribution in [0.2, 0.25) is 0 Å². The summed E-state index contributed by atoms with van der Waals surface area (Å²) in [5, 5.41) is 21.4. The van der Waals surface area contributed by atoms with Crippen molar-refractivity contribution in [1.82, 2.24) is 10.2 Å². The summed E-state index contributed by atoms with van der Waals surface area (Å²) in [6.45, 7) is 8.37. The predicted octanol–water partition coefficient (Wildman–Crippen LogP) is 0.440. The first-order valence-electron chi connectivity index (χ1n) is 6.92. The Bertz CT molecular complexity index is 194. The number of nitrogens with one attached hydrogen (secondary N) is 1. The van der Waals surface area contributed by atoms with Crippen LogP contribution in [-0.4, -0.2) is 60.0 Å². The van der Waals surface area contributed by atoms with Crippen molar-refractivity contribution < 1.29 is 10.2 Å². The molecule has 0 aromatic carbocycles. The summed E-state index contributed by atoms with van der Waals surface area (Å²) < 4.78 is 0. The first kappa shape index (κ1) is 14.9. The Morgan fingerprint density at radius 3 is 2.53 bits per heavy atom. The molecule has 0 aliphatic carbocycles. The minimum atomic E-state index is -0.627. The summed E-state index contributed by atoms with van der Waals surface area (Å²) in [5.41, 5.74) is 0. The number of aliphatic hydroxyl groups excluding tert-OH is 2. The Morgan fingerprint density at radius 1 is 1.35 bits per heavy atom. The standard InChI is InChI=1S/C13H28N2O2/c1-3-6-15-7-4-12(5-8-15)11(2)14-9-13(17)10-16/h11-14,16-17H,3-10H2,1-2H3. The van der Waals surface area contributed by atoms with Gasteiger partial charge in [0, 0.05) is 12.6 Å². The molecule has 2 atom stereocenters. The third-order valence-corrected chi connectivity index (χ3v) is 3.77. The van der Waals surface area contributed by atoms with Gasteiger partial charge >= 0.3 is 0 Å². The highest BCUT2D eigenvalue weighted by molar-refractivity contribution is 4.80. The van der Waals surface area contributed by atoms with Gasteiger partial charge in [0.1, 0.15) is 0 Å². The van der Waals surface area contributed by atoms with Gasteiger partial charge in [-0.25, -0.2) is 0 Å². The highest BCUT2D eigenvalue weighted by Gasteiger charge is 2.23. The van der Waals surface area contributed by atoms with Crippen LogP contribution < -0.4 is 5.32 Å². The molecule has 0 saturated carbocycles. The Kier molecular flexibility index (Phi) is 7.04. The lowest BCUT2D eigenvalue weighted by atomic mass is 9.90. The van der Waals surface area contributed by atoms with Crippen molar-refractivity contribution >= 4 is 0 Å². The molecule has 1 fully saturated rings. The zero-order valence-corrected chi connectivity index (χ0v) is 11.2. The summed E-state index contributed by atoms with van der Waals surface area (Å²) in [6.07, 6.45) is 3.09. The van der Waals surface area contributed by atoms with Crippen molar-refractivity contribution in [2.75, 3.05) is 32.8 Å². The van der Waals surface area contributed by atoms with Crippen LogP contribution in [0, 0.1) is 5.92 Å². The molecule has 0 aromatic heterocycles. The smallest absolute Gasteiger partial charge is 0.0895 e. The van der Waals surface area contributed by atoms with Gasteiger partial charge in [0.05, 0.1) is 12.7 Å². The third kappa shape index (κ3) is 5.34. The summed E-state index contributed by atoms with van der Waals surface area (Å²) >= 11 is 0. The number of hydrogen-bond acceptors (Lipinski definition) is 4. The van der Waals surface area contributed by atoms with Gasteiger partial charge < -0.3 is 20.4 Å². The largest absolute Gasteiger partial charge is 0.394 e. The molecule has 0 bridgehead atoms. The molecule has 1 saturated heterocycles. The molecule has 3 N–H and O–H groups in total. The lowest BCUT2D eigenvalue weighted by molar-refractivity contribution is 0.0865. The number of nitrogens with zero attached hydrogens (tertiary/aromatic N) is 1. The average molecular weight is 244 g/mol. The molecule has 0 radical (unpaired) electrons. The molecule has 0 spiro atoms. The van der Waals surface area contributed by atoms with Crippen LogP contribution in [-0.2, 0) is 0 Å². The Balaban J connectivity index is 2.19. The third-order valence-electron chi connectivity index (χ3n) is 3.77. The van der Waals surface area contributed by atoms with Gasteiger partial charge in [-0.05, 0) is 51.7 Å². The molecule has 4 heteroatoms. The lowest BCUT2D eigenvalue weighted by Gasteiger charge is -2.35. The highest BCUT2D eigenvalue weighted by atomic mass is 16.3. The minimum absolute atomic E-state index is 0.158. The second-order valence-electron chi connectivity index (χ2n) is 5.21. The van der Waals surface area contributed by atoms with E-state index in [-0.39, 0.29) is 6.61 Å². The number of hydrogen-bond donors (Lipinski definition) is 3. The fraction of sp³-hybridized carbons (Fsp3) is 1.00. The van der Waals surface area contributed by atoms with Gasteiger partial charge in [-0.3, -0.25) is 0 Å². The van der Waals surface area contributed by atoms with Gasteiger partial charge in [-0.2, -0.15) is 0 Å². The maximum atomic E-state index is 9.30. The SMILES string of the molecule is CCCN1CCC(C(C)NCC(O)CO)CC1. The van der Waals surface area contributed by atoms with Gasteiger partial charge in [0.15, 0.2) is 0 Å². The van der Waals surface area contributed by atoms with Crippen LogP contribution >= 0.6 is 0 Å². The first-order valence-corrected chi connectivity index (χ1v) is 6.92. The van der Waals surface area contributed by atoms with Gasteiger partial charge in [0.25, 0.3) is 0 Å². The van der Waals surface area contributed by atoms with Crippen LogP contribution in [0.15, 0.2) is 0 Å². The van der Waals surface area contributed by atoms with Crippen LogP contribution in [0.5, 0.6) is 0 Å². The maximum absolute atomic E-state index is 9.30. The highest BCUT2D eigenvalue weighted by Crippen LogP contribution is 2.20. The van der Waals surface area contributed by atoms with Crippen LogP contribution in [0.25, 0.3) is 0 Å². The Labute approximate surface area is 105 Å². The van der Waals surface area contributed by atoms with E-state index in [1.165, 1.54) is 38.9 Å². The van der Waals surface area contributed by atoms with Crippen molar-refractivity contribution in [1.29, 1.82) is 0 Å². The van der Waals surface area contributed by atoms with Crippen molar-refractivity contribution in [3.05, 3.63) is 0 Å². The molecule has 1 heterocycles. The second kappa shape index (κ2) is 8.03. The maximum Gasteiger partial charge on any atom is 0.0895 e. The molecular weight excluding hydrogens is 216 g/mol. The normalized spacial score (nSPS) is 22.6. The van der Waals surface area contributed by atoms with E-state index in [4.69, 9.17) is 5.11 Å². The summed E-state index contributed by atoms with van der Waals surface area (Å²) in [7, 11) is 0. The van der Waals surface area contributed by atoms with E-state index in [0.29, 0.717) is 18.5 Å². The molecule has 1 aliphatic rings. The van der Waals surface area contributed by atoms with E-state index >= 15 is 0 Å². The molecule has 4 nitrogen and oxygen atoms in total. The minimum Gasteiger partial charge on any atom is -0.394 e. The average Bonchev–Trinajstić information content (AvgIpc) is 2.36. The van der Waals surface area contributed by atoms with Gasteiger partial charge in [-0.1, -0.05) is 6.92 Å². The summed E-state index contributed by atoms with van der Waals surface area (Å²) in [6, 6.07) is 0.431. The fourth-order valence-corrected chi connectivity index (χ4v) is 2.55. The Hall–Kier alpha value is -0.160. The zero-order chi connectivity index (χ0) is 12.7. The van der Waals surface area contributed by atoms with E-state index in [9.17, 15) is 5.11 Å². The zero-order valence-electron chi connectivity index (χ0n) is 11.2. The van der Waals surface area contributed by atoms with Crippen molar-refractivity contribution in [3.8, 4) is 0 Å². The van der Waals surface area contributed by atoms with E-state index < -0.39 is 6.10 Å². The fourth-order valence-electron chi connectivity index (χ4n) is 2.55. The number of rotatable bonds is 7. The molecular formula is C13H28N2O2. The summed E-state index contributed by atoms with van der Waals surface area (Å²) in [5.74, 6) is 0.703. The van der Waals surface area contributed by atoms with Gasteiger partial charge in [-0.15, -0.1) is 0 Å². The van der Waals surface area contributed by atoms with E-state index in [2.05, 4.69) is 24.1 Å². The van der Waals surface area contributed by atoms with Gasteiger partial charge in [0.2, 0.25) is 0 Å². The topological polar surface area (TPSA) is 55.7 Å². The molecule has 1 aliphatic heterocycles. The van der Waals surface area contributed by atoms with Crippen molar-refractivity contribution in [3.63, 3.8) is 0 Å². The van der Waals surface area contributed by atoms with E-state index in [0.717, 1.165) is 0 Å². The molecule has 0 aromatic rings. The van der Waals surface area contributed by atoms with Crippen molar-refractivity contribution in [2.45, 2.75) is 45.3 Å². The predicted molar refractivity (Wildman–Crippen MR) is 70.0 cm³/mol. The monoisotopic (exact) mass is 244 g/mol. The second-order valence-corrected chi connectivity index (χ2v) is 5.21. The quantitative estimate of drug-likeness (QED) is 0.608. The van der Waals surface area contributed by atoms with E-state index in [1.54, 1.807) is 0 Å². The Morgan fingerprint density at radius 2 is 2.00 bits per heavy atom. The van der Waals surface area contributed by atoms with Crippen molar-refractivity contribution in [2.24, 2.45) is 5.92 Å². The lowest BCUT2D eigenvalue weighted by Crippen LogP contribution is -2.44. The number of likely N-dealkylation sites (tertiary alicyclic amines) is 1. The van der Waals surface area contributed by atoms with Crippen LogP contribution in [0.1, 0.15) is 33.1 Å². The number of piperidine rings is 1. The first-order chi connectivity index (χ1) is 8.17. The molecule has 17 heavy (non-hydrogen) atoms. The van der Waals surface area contributed by atoms with Crippen LogP contribution in [0.3, 0.4) is 0 Å². The molecule has 1 rings (SSSR count). The summed E-state index contributed by atoms with van der Waals surface area (Å²) in [4.78, 5) is 2.53. The van der Waals surface area contributed by atoms with E-state index in [1.807, 2.05) is 0 Å². The number of aliphatic hydroxyl groups is 2. The molecule has 102 valence electrons. The van der Waals surface area contributed by atoms with Crippen LogP contribution in [0.4, 0.5) is 0 Å².